The van der Waals surface area contributed by atoms with Crippen LogP contribution in [0, 0.1) is 12.3 Å². The lowest BCUT2D eigenvalue weighted by molar-refractivity contribution is -0.138. The number of nitrogens with zero attached hydrogens (tertiary/aromatic N) is 4. The van der Waals surface area contributed by atoms with Crippen LogP contribution in [0.5, 0.6) is 0 Å². The van der Waals surface area contributed by atoms with Gasteiger partial charge in [0.15, 0.2) is 23.4 Å². The van der Waals surface area contributed by atoms with Crippen LogP contribution in [0.2, 0.25) is 0 Å². The Morgan fingerprint density at radius 1 is 1.38 bits per heavy atom. The molecule has 7 N–H and O–H groups in total. The molecule has 11 nitrogen and oxygen atoms in total. The van der Waals surface area contributed by atoms with Gasteiger partial charge in [-0.05, 0) is 0 Å². The molecule has 0 aromatic carbocycles. The molecule has 1 aliphatic heterocycles. The monoisotopic (exact) mass is 423 g/mol. The van der Waals surface area contributed by atoms with E-state index in [1.54, 1.807) is 0 Å². The van der Waals surface area contributed by atoms with E-state index in [0.29, 0.717) is 28.4 Å². The number of aliphatic hydroxyl groups is 2. The van der Waals surface area contributed by atoms with Crippen molar-refractivity contribution in [2.24, 2.45) is 5.73 Å². The Labute approximate surface area is 169 Å². The molecule has 0 radical (unpaired) electrons. The van der Waals surface area contributed by atoms with Gasteiger partial charge in [0, 0.05) is 17.3 Å². The van der Waals surface area contributed by atoms with Crippen LogP contribution in [0.4, 0.5) is 5.82 Å². The number of carbonyl (C=O) groups is 1. The van der Waals surface area contributed by atoms with Crippen LogP contribution < -0.4 is 11.5 Å². The number of hydrogen-bond donors (Lipinski definition) is 5. The number of nitrogens with two attached hydrogens (primary N) is 2. The lowest BCUT2D eigenvalue weighted by Crippen LogP contribution is -2.38. The topological polar surface area (TPSA) is 183 Å². The molecule has 1 aliphatic rings. The van der Waals surface area contributed by atoms with E-state index >= 15 is 0 Å². The molecule has 1 fully saturated rings. The molecule has 3 unspecified atom stereocenters. The normalized spacial score (nSPS) is 26.3. The number of hydrogen-bond acceptors (Lipinski definition) is 9. The van der Waals surface area contributed by atoms with Gasteiger partial charge in [0.25, 0.3) is 0 Å². The molecule has 12 heteroatoms. The molecule has 0 spiro atoms. The second-order valence-corrected chi connectivity index (χ2v) is 8.95. The number of rotatable bonds is 8. The predicted molar refractivity (Wildman–Crippen MR) is 107 cm³/mol. The number of aliphatic carboxylic acids is 1. The van der Waals surface area contributed by atoms with Gasteiger partial charge in [-0.2, -0.15) is 0 Å². The summed E-state index contributed by atoms with van der Waals surface area (Å²) in [6, 6.07) is -0.974. The fraction of sp³-hybridized carbons (Fsp3) is 0.529. The summed E-state index contributed by atoms with van der Waals surface area (Å²) < 4.78 is 7.42. The fourth-order valence-electron chi connectivity index (χ4n) is 3.13. The Kier molecular flexibility index (Phi) is 6.56. The average molecular weight is 423 g/mol. The minimum absolute atomic E-state index is 0.198. The Hall–Kier alpha value is -2.43. The molecule has 29 heavy (non-hydrogen) atoms. The first kappa shape index (κ1) is 21.3. The maximum atomic E-state index is 10.9. The minimum atomic E-state index is -1.22. The molecule has 3 rings (SSSR count). The van der Waals surface area contributed by atoms with Crippen LogP contribution in [0.1, 0.15) is 12.6 Å². The summed E-state index contributed by atoms with van der Waals surface area (Å²) in [7, 11) is -0.426. The molecule has 6 atom stereocenters. The lowest BCUT2D eigenvalue weighted by Gasteiger charge is -2.16. The van der Waals surface area contributed by atoms with Crippen molar-refractivity contribution < 1.29 is 24.9 Å². The van der Waals surface area contributed by atoms with Gasteiger partial charge in [-0.25, -0.2) is 15.0 Å². The maximum Gasteiger partial charge on any atom is 0.320 e. The van der Waals surface area contributed by atoms with Crippen molar-refractivity contribution in [3.63, 3.8) is 0 Å². The van der Waals surface area contributed by atoms with Crippen molar-refractivity contribution in [2.75, 3.05) is 23.0 Å². The van der Waals surface area contributed by atoms with Gasteiger partial charge in [0.05, 0.1) is 6.33 Å². The first-order valence-electron chi connectivity index (χ1n) is 8.84. The minimum Gasteiger partial charge on any atom is -0.480 e. The number of carboxylic acids is 1. The number of nitrogen functional groups attached to an aromatic ring is 1. The van der Waals surface area contributed by atoms with Crippen LogP contribution in [0.25, 0.3) is 11.2 Å². The smallest absolute Gasteiger partial charge is 0.320 e. The molecular weight excluding hydrogens is 400 g/mol. The number of terminal acetylenes is 1. The zero-order valence-electron chi connectivity index (χ0n) is 15.5. The molecule has 2 aromatic rings. The molecule has 0 saturated carbocycles. The summed E-state index contributed by atoms with van der Waals surface area (Å²) in [5, 5.41) is 30.0. The van der Waals surface area contributed by atoms with Gasteiger partial charge in [0.2, 0.25) is 0 Å². The number of aromatic nitrogens is 4. The highest BCUT2D eigenvalue weighted by molar-refractivity contribution is 7.97. The van der Waals surface area contributed by atoms with Crippen molar-refractivity contribution >= 4 is 33.8 Å². The summed E-state index contributed by atoms with van der Waals surface area (Å²) in [6.07, 6.45) is 4.42. The van der Waals surface area contributed by atoms with E-state index in [-0.39, 0.29) is 12.2 Å². The van der Waals surface area contributed by atoms with Crippen molar-refractivity contribution in [3.8, 4) is 12.3 Å². The first-order chi connectivity index (χ1) is 13.8. The van der Waals surface area contributed by atoms with E-state index in [9.17, 15) is 15.0 Å². The van der Waals surface area contributed by atoms with E-state index in [1.165, 1.54) is 17.2 Å². The first-order valence-corrected chi connectivity index (χ1v) is 10.6. The number of aliphatic hydroxyl groups excluding tert-OH is 2. The Balaban J connectivity index is 1.73. The third-order valence-electron chi connectivity index (χ3n) is 4.72. The highest BCUT2D eigenvalue weighted by atomic mass is 32.2. The van der Waals surface area contributed by atoms with Crippen LogP contribution >= 0.6 is 0 Å². The Bertz CT molecular complexity index is 917. The largest absolute Gasteiger partial charge is 0.480 e. The SMILES string of the molecule is C#CC[S+](CC[C@H](N)C(=O)O)C[C@H]1O[C@@H](n2cnc3c(N)ncnc32)C(O)C1O. The lowest BCUT2D eigenvalue weighted by atomic mass is 10.1. The number of carboxylic acid groups (broad SMARTS) is 1. The van der Waals surface area contributed by atoms with Crippen molar-refractivity contribution in [1.29, 1.82) is 0 Å². The van der Waals surface area contributed by atoms with Crippen molar-refractivity contribution in [3.05, 3.63) is 12.7 Å². The van der Waals surface area contributed by atoms with E-state index < -0.39 is 47.4 Å². The number of fused-ring (bicyclic) bond motifs is 1. The van der Waals surface area contributed by atoms with Crippen LogP contribution in [-0.4, -0.2) is 82.4 Å². The summed E-state index contributed by atoms with van der Waals surface area (Å²) >= 11 is 0. The molecule has 0 bridgehead atoms. The summed E-state index contributed by atoms with van der Waals surface area (Å²) in [6.45, 7) is 0. The van der Waals surface area contributed by atoms with Crippen LogP contribution in [0.15, 0.2) is 12.7 Å². The van der Waals surface area contributed by atoms with E-state index in [4.69, 9.17) is 27.7 Å². The molecular formula is C17H23N6O5S+. The molecule has 0 amide bonds. The zero-order chi connectivity index (χ0) is 21.1. The Morgan fingerprint density at radius 3 is 2.83 bits per heavy atom. The summed E-state index contributed by atoms with van der Waals surface area (Å²) in [4.78, 5) is 23.1. The molecule has 2 aromatic heterocycles. The summed E-state index contributed by atoms with van der Waals surface area (Å²) in [5.74, 6) is 2.95. The quantitative estimate of drug-likeness (QED) is 0.237. The van der Waals surface area contributed by atoms with Crippen LogP contribution in [-0.2, 0) is 20.4 Å². The van der Waals surface area contributed by atoms with Gasteiger partial charge in [0.1, 0.15) is 47.7 Å². The molecule has 0 aliphatic carbocycles. The highest BCUT2D eigenvalue weighted by Gasteiger charge is 2.47. The Morgan fingerprint density at radius 2 is 2.14 bits per heavy atom. The van der Waals surface area contributed by atoms with Crippen molar-refractivity contribution in [1.82, 2.24) is 19.5 Å². The molecule has 156 valence electrons. The van der Waals surface area contributed by atoms with Gasteiger partial charge in [-0.1, -0.05) is 5.92 Å². The maximum absolute atomic E-state index is 10.9. The number of ether oxygens (including phenoxy) is 1. The van der Waals surface area contributed by atoms with Gasteiger partial charge >= 0.3 is 5.97 Å². The zero-order valence-corrected chi connectivity index (χ0v) is 16.3. The van der Waals surface area contributed by atoms with E-state index in [0.717, 1.165) is 0 Å². The third-order valence-corrected chi connectivity index (χ3v) is 6.91. The van der Waals surface area contributed by atoms with E-state index in [2.05, 4.69) is 20.9 Å². The standard InChI is InChI=1S/C17H22N6O5S/c1-2-4-29(5-3-9(18)17(26)27)6-10-12(24)13(25)16(28-10)23-8-22-11-14(19)20-7-21-15(11)23/h1,7-10,12-13,16,24-25H,3-6,18H2,(H2-,19,20,21,26,27)/p+1/t9-,10+,12?,13?,16+,29?/m0/s1. The fourth-order valence-corrected chi connectivity index (χ4v) is 5.13. The second-order valence-electron chi connectivity index (χ2n) is 6.69. The average Bonchev–Trinajstić information content (AvgIpc) is 3.23. The summed E-state index contributed by atoms with van der Waals surface area (Å²) in [5.41, 5.74) is 12.1. The van der Waals surface area contributed by atoms with Gasteiger partial charge < -0.3 is 31.5 Å². The number of imidazole rings is 1. The third kappa shape index (κ3) is 4.44. The van der Waals surface area contributed by atoms with Gasteiger partial charge in [-0.3, -0.25) is 9.36 Å². The predicted octanol–water partition coefficient (Wildman–Crippen LogP) is -1.92. The van der Waals surface area contributed by atoms with Gasteiger partial charge in [-0.15, -0.1) is 6.42 Å². The van der Waals surface area contributed by atoms with Crippen molar-refractivity contribution in [2.45, 2.75) is 37.0 Å². The van der Waals surface area contributed by atoms with E-state index in [1.807, 2.05) is 0 Å². The highest BCUT2D eigenvalue weighted by Crippen LogP contribution is 2.32. The molecule has 1 saturated heterocycles. The van der Waals surface area contributed by atoms with Crippen LogP contribution in [0.3, 0.4) is 0 Å². The number of anilines is 1. The molecule has 3 heterocycles. The second kappa shape index (κ2) is 8.93.